The van der Waals surface area contributed by atoms with Crippen molar-refractivity contribution in [2.75, 3.05) is 6.26 Å². The second-order valence-corrected chi connectivity index (χ2v) is 5.40. The molecule has 15 heavy (non-hydrogen) atoms. The molecular weight excluding hydrogens is 212 g/mol. The van der Waals surface area contributed by atoms with Crippen LogP contribution in [-0.4, -0.2) is 19.8 Å². The zero-order valence-electron chi connectivity index (χ0n) is 8.55. The fourth-order valence-corrected chi connectivity index (χ4v) is 1.92. The first kappa shape index (κ1) is 11.9. The number of benzene rings is 1. The van der Waals surface area contributed by atoms with Crippen molar-refractivity contribution in [3.63, 3.8) is 0 Å². The molecule has 0 spiro atoms. The maximum absolute atomic E-state index is 11.3. The molecule has 0 aliphatic rings. The maximum atomic E-state index is 11.3. The average molecular weight is 226 g/mol. The molecule has 0 fully saturated rings. The lowest BCUT2D eigenvalue weighted by Crippen LogP contribution is -2.01. The van der Waals surface area contributed by atoms with Gasteiger partial charge >= 0.3 is 0 Å². The van der Waals surface area contributed by atoms with Gasteiger partial charge in [-0.05, 0) is 24.1 Å². The summed E-state index contributed by atoms with van der Waals surface area (Å²) in [6.07, 6.45) is 2.46. The molecule has 4 heteroatoms. The van der Waals surface area contributed by atoms with Crippen molar-refractivity contribution < 1.29 is 13.5 Å². The van der Waals surface area contributed by atoms with E-state index in [0.29, 0.717) is 12.0 Å². The molecule has 0 aliphatic heterocycles. The van der Waals surface area contributed by atoms with Gasteiger partial charge < -0.3 is 5.11 Å². The van der Waals surface area contributed by atoms with Gasteiger partial charge in [-0.2, -0.15) is 0 Å². The SMILES string of the molecule is C=CCC(O)c1cccc(S(C)(=O)=O)c1. The summed E-state index contributed by atoms with van der Waals surface area (Å²) in [5.41, 5.74) is 0.595. The normalized spacial score (nSPS) is 13.5. The van der Waals surface area contributed by atoms with Gasteiger partial charge in [0, 0.05) is 6.26 Å². The van der Waals surface area contributed by atoms with Crippen molar-refractivity contribution in [1.82, 2.24) is 0 Å². The zero-order chi connectivity index (χ0) is 11.5. The highest BCUT2D eigenvalue weighted by Crippen LogP contribution is 2.20. The van der Waals surface area contributed by atoms with Gasteiger partial charge in [0.15, 0.2) is 9.84 Å². The summed E-state index contributed by atoms with van der Waals surface area (Å²) in [4.78, 5) is 0.225. The van der Waals surface area contributed by atoms with Crippen LogP contribution >= 0.6 is 0 Å². The van der Waals surface area contributed by atoms with E-state index in [2.05, 4.69) is 6.58 Å². The van der Waals surface area contributed by atoms with E-state index in [4.69, 9.17) is 0 Å². The van der Waals surface area contributed by atoms with Gasteiger partial charge in [-0.3, -0.25) is 0 Å². The Morgan fingerprint density at radius 1 is 1.53 bits per heavy atom. The fraction of sp³-hybridized carbons (Fsp3) is 0.273. The van der Waals surface area contributed by atoms with Crippen LogP contribution < -0.4 is 0 Å². The van der Waals surface area contributed by atoms with E-state index in [1.165, 1.54) is 12.1 Å². The van der Waals surface area contributed by atoms with Gasteiger partial charge in [-0.15, -0.1) is 6.58 Å². The van der Waals surface area contributed by atoms with Gasteiger partial charge in [0.05, 0.1) is 11.0 Å². The number of aliphatic hydroxyl groups is 1. The molecule has 1 N–H and O–H groups in total. The number of sulfone groups is 1. The van der Waals surface area contributed by atoms with Crippen molar-refractivity contribution >= 4 is 9.84 Å². The van der Waals surface area contributed by atoms with E-state index in [9.17, 15) is 13.5 Å². The van der Waals surface area contributed by atoms with Crippen LogP contribution in [0.15, 0.2) is 41.8 Å². The molecule has 0 aromatic heterocycles. The Morgan fingerprint density at radius 3 is 2.73 bits per heavy atom. The molecule has 0 heterocycles. The van der Waals surface area contributed by atoms with Crippen molar-refractivity contribution in [1.29, 1.82) is 0 Å². The molecule has 1 aromatic carbocycles. The molecule has 0 aliphatic carbocycles. The summed E-state index contributed by atoms with van der Waals surface area (Å²) in [5.74, 6) is 0. The van der Waals surface area contributed by atoms with Crippen LogP contribution in [0.3, 0.4) is 0 Å². The Bertz CT molecular complexity index is 449. The highest BCUT2D eigenvalue weighted by atomic mass is 32.2. The Balaban J connectivity index is 3.08. The summed E-state index contributed by atoms with van der Waals surface area (Å²) >= 11 is 0. The Morgan fingerprint density at radius 2 is 2.20 bits per heavy atom. The third-order valence-corrected chi connectivity index (χ3v) is 3.17. The number of hydrogen-bond acceptors (Lipinski definition) is 3. The monoisotopic (exact) mass is 226 g/mol. The van der Waals surface area contributed by atoms with Gasteiger partial charge in [-0.25, -0.2) is 8.42 Å². The van der Waals surface area contributed by atoms with Crippen molar-refractivity contribution in [2.24, 2.45) is 0 Å². The third-order valence-electron chi connectivity index (χ3n) is 2.06. The Labute approximate surface area is 90.0 Å². The molecule has 82 valence electrons. The first-order valence-corrected chi connectivity index (χ1v) is 6.43. The predicted octanol–water partition coefficient (Wildman–Crippen LogP) is 1.70. The minimum absolute atomic E-state index is 0.225. The lowest BCUT2D eigenvalue weighted by molar-refractivity contribution is 0.181. The molecule has 1 atom stereocenters. The predicted molar refractivity (Wildman–Crippen MR) is 59.3 cm³/mol. The summed E-state index contributed by atoms with van der Waals surface area (Å²) in [6, 6.07) is 6.32. The first-order valence-electron chi connectivity index (χ1n) is 4.54. The van der Waals surface area contributed by atoms with Gasteiger partial charge in [-0.1, -0.05) is 18.2 Å². The first-order chi connectivity index (χ1) is 6.95. The molecule has 3 nitrogen and oxygen atoms in total. The molecule has 0 saturated heterocycles. The highest BCUT2D eigenvalue weighted by molar-refractivity contribution is 7.90. The molecule has 0 saturated carbocycles. The lowest BCUT2D eigenvalue weighted by atomic mass is 10.1. The minimum atomic E-state index is -3.21. The smallest absolute Gasteiger partial charge is 0.175 e. The summed E-state index contributed by atoms with van der Waals surface area (Å²) in [5, 5.41) is 9.64. The molecule has 1 rings (SSSR count). The Hall–Kier alpha value is -1.13. The van der Waals surface area contributed by atoms with Crippen LogP contribution in [0, 0.1) is 0 Å². The van der Waals surface area contributed by atoms with Crippen molar-refractivity contribution in [3.05, 3.63) is 42.5 Å². The fourth-order valence-electron chi connectivity index (χ4n) is 1.25. The van der Waals surface area contributed by atoms with Crippen molar-refractivity contribution in [3.8, 4) is 0 Å². The van der Waals surface area contributed by atoms with Crippen molar-refractivity contribution in [2.45, 2.75) is 17.4 Å². The quantitative estimate of drug-likeness (QED) is 0.795. The number of aliphatic hydroxyl groups excluding tert-OH is 1. The van der Waals surface area contributed by atoms with E-state index >= 15 is 0 Å². The van der Waals surface area contributed by atoms with Crippen LogP contribution in [0.5, 0.6) is 0 Å². The topological polar surface area (TPSA) is 54.4 Å². The summed E-state index contributed by atoms with van der Waals surface area (Å²) in [7, 11) is -3.21. The maximum Gasteiger partial charge on any atom is 0.175 e. The second kappa shape index (κ2) is 4.59. The number of rotatable bonds is 4. The third kappa shape index (κ3) is 3.18. The number of hydrogen-bond donors (Lipinski definition) is 1. The van der Waals surface area contributed by atoms with E-state index < -0.39 is 15.9 Å². The zero-order valence-corrected chi connectivity index (χ0v) is 9.37. The summed E-state index contributed by atoms with van der Waals surface area (Å²) < 4.78 is 22.5. The molecule has 0 radical (unpaired) electrons. The molecule has 0 bridgehead atoms. The molecular formula is C11H14O3S. The van der Waals surface area contributed by atoms with E-state index in [1.54, 1.807) is 18.2 Å². The average Bonchev–Trinajstić information content (AvgIpc) is 2.17. The van der Waals surface area contributed by atoms with Gasteiger partial charge in [0.1, 0.15) is 0 Å². The van der Waals surface area contributed by atoms with Crippen LogP contribution in [0.2, 0.25) is 0 Å². The van der Waals surface area contributed by atoms with E-state index in [0.717, 1.165) is 6.26 Å². The highest BCUT2D eigenvalue weighted by Gasteiger charge is 2.10. The van der Waals surface area contributed by atoms with Gasteiger partial charge in [0.2, 0.25) is 0 Å². The lowest BCUT2D eigenvalue weighted by Gasteiger charge is -2.09. The van der Waals surface area contributed by atoms with Gasteiger partial charge in [0.25, 0.3) is 0 Å². The molecule has 0 amide bonds. The van der Waals surface area contributed by atoms with E-state index in [1.807, 2.05) is 0 Å². The molecule has 1 aromatic rings. The van der Waals surface area contributed by atoms with Crippen LogP contribution in [0.4, 0.5) is 0 Å². The van der Waals surface area contributed by atoms with Crippen LogP contribution in [-0.2, 0) is 9.84 Å². The van der Waals surface area contributed by atoms with Crippen LogP contribution in [0.1, 0.15) is 18.1 Å². The standard InChI is InChI=1S/C11H14O3S/c1-3-5-11(12)9-6-4-7-10(8-9)15(2,13)14/h3-4,6-8,11-12H,1,5H2,2H3. The largest absolute Gasteiger partial charge is 0.388 e. The summed E-state index contributed by atoms with van der Waals surface area (Å²) in [6.45, 7) is 3.52. The second-order valence-electron chi connectivity index (χ2n) is 3.38. The molecule has 1 unspecified atom stereocenters. The Kier molecular flexibility index (Phi) is 3.66. The van der Waals surface area contributed by atoms with E-state index in [-0.39, 0.29) is 4.90 Å². The minimum Gasteiger partial charge on any atom is -0.388 e. The van der Waals surface area contributed by atoms with Crippen LogP contribution in [0.25, 0.3) is 0 Å².